The molecule has 0 saturated heterocycles. The van der Waals surface area contributed by atoms with Gasteiger partial charge in [-0.3, -0.25) is 5.10 Å². The second-order valence-electron chi connectivity index (χ2n) is 4.12. The van der Waals surface area contributed by atoms with Gasteiger partial charge in [0.15, 0.2) is 11.5 Å². The monoisotopic (exact) mass is 245 g/mol. The minimum Gasteiger partial charge on any atom is -0.454 e. The van der Waals surface area contributed by atoms with E-state index in [1.165, 1.54) is 0 Å². The van der Waals surface area contributed by atoms with Gasteiger partial charge in [0.05, 0.1) is 11.9 Å². The third-order valence-corrected chi connectivity index (χ3v) is 2.94. The van der Waals surface area contributed by atoms with Crippen LogP contribution in [0.2, 0.25) is 0 Å². The minimum absolute atomic E-state index is 0.298. The average molecular weight is 245 g/mol. The summed E-state index contributed by atoms with van der Waals surface area (Å²) in [7, 11) is 0. The fourth-order valence-corrected chi connectivity index (χ4v) is 2.01. The van der Waals surface area contributed by atoms with E-state index >= 15 is 0 Å². The van der Waals surface area contributed by atoms with E-state index in [4.69, 9.17) is 9.47 Å². The first-order valence-electron chi connectivity index (χ1n) is 6.01. The summed E-state index contributed by atoms with van der Waals surface area (Å²) in [4.78, 5) is 0. The van der Waals surface area contributed by atoms with Gasteiger partial charge in [0.1, 0.15) is 0 Å². The molecule has 2 aromatic rings. The Morgan fingerprint density at radius 2 is 2.22 bits per heavy atom. The summed E-state index contributed by atoms with van der Waals surface area (Å²) in [6, 6.07) is 5.91. The number of aromatic nitrogens is 2. The molecule has 2 heterocycles. The van der Waals surface area contributed by atoms with Gasteiger partial charge in [-0.2, -0.15) is 5.10 Å². The molecule has 1 aliphatic heterocycles. The normalized spacial score (nSPS) is 12.9. The maximum absolute atomic E-state index is 5.39. The van der Waals surface area contributed by atoms with Crippen molar-refractivity contribution < 1.29 is 9.47 Å². The first kappa shape index (κ1) is 11.1. The average Bonchev–Trinajstić information content (AvgIpc) is 3.03. The molecule has 0 amide bonds. The predicted molar refractivity (Wildman–Crippen MR) is 67.5 cm³/mol. The Hall–Kier alpha value is -2.01. The molecular weight excluding hydrogens is 230 g/mol. The topological polar surface area (TPSA) is 59.2 Å². The quantitative estimate of drug-likeness (QED) is 0.864. The van der Waals surface area contributed by atoms with E-state index in [1.54, 1.807) is 0 Å². The zero-order valence-electron chi connectivity index (χ0n) is 10.2. The van der Waals surface area contributed by atoms with E-state index in [-0.39, 0.29) is 0 Å². The number of hydrogen-bond donors (Lipinski definition) is 2. The van der Waals surface area contributed by atoms with Crippen LogP contribution >= 0.6 is 0 Å². The van der Waals surface area contributed by atoms with Crippen molar-refractivity contribution in [3.05, 3.63) is 30.0 Å². The summed E-state index contributed by atoms with van der Waals surface area (Å²) >= 11 is 0. The van der Waals surface area contributed by atoms with Gasteiger partial charge in [0.25, 0.3) is 0 Å². The van der Waals surface area contributed by atoms with Crippen LogP contribution < -0.4 is 14.8 Å². The van der Waals surface area contributed by atoms with Gasteiger partial charge in [-0.25, -0.2) is 0 Å². The number of fused-ring (bicyclic) bond motifs is 1. The van der Waals surface area contributed by atoms with Gasteiger partial charge in [-0.15, -0.1) is 0 Å². The highest BCUT2D eigenvalue weighted by molar-refractivity contribution is 5.66. The van der Waals surface area contributed by atoms with Gasteiger partial charge in [0.2, 0.25) is 6.79 Å². The van der Waals surface area contributed by atoms with Crippen molar-refractivity contribution in [1.82, 2.24) is 15.5 Å². The molecule has 0 fully saturated rings. The van der Waals surface area contributed by atoms with Crippen molar-refractivity contribution in [3.8, 4) is 22.8 Å². The first-order chi connectivity index (χ1) is 8.88. The summed E-state index contributed by atoms with van der Waals surface area (Å²) in [6.45, 7) is 4.12. The Bertz CT molecular complexity index is 551. The maximum atomic E-state index is 5.39. The molecule has 0 saturated carbocycles. The van der Waals surface area contributed by atoms with E-state index in [9.17, 15) is 0 Å². The van der Waals surface area contributed by atoms with Crippen LogP contribution in [-0.2, 0) is 6.54 Å². The van der Waals surface area contributed by atoms with Crippen molar-refractivity contribution >= 4 is 0 Å². The Balaban J connectivity index is 1.92. The lowest BCUT2D eigenvalue weighted by atomic mass is 10.1. The van der Waals surface area contributed by atoms with E-state index in [0.29, 0.717) is 6.79 Å². The molecule has 0 aliphatic carbocycles. The van der Waals surface area contributed by atoms with Crippen molar-refractivity contribution in [3.63, 3.8) is 0 Å². The standard InChI is InChI=1S/C13H15N3O2/c1-2-14-6-10-7-15-16-13(10)9-3-4-11-12(5-9)18-8-17-11/h3-5,7,14H,2,6,8H2,1H3,(H,15,16). The van der Waals surface area contributed by atoms with Crippen molar-refractivity contribution in [2.75, 3.05) is 13.3 Å². The third kappa shape index (κ3) is 1.93. The van der Waals surface area contributed by atoms with Gasteiger partial charge in [-0.1, -0.05) is 6.92 Å². The largest absolute Gasteiger partial charge is 0.454 e. The number of nitrogens with zero attached hydrogens (tertiary/aromatic N) is 1. The Kier molecular flexibility index (Phi) is 2.90. The fraction of sp³-hybridized carbons (Fsp3) is 0.308. The van der Waals surface area contributed by atoms with Crippen LogP contribution in [0.4, 0.5) is 0 Å². The summed E-state index contributed by atoms with van der Waals surface area (Å²) < 4.78 is 10.7. The molecule has 0 unspecified atom stereocenters. The minimum atomic E-state index is 0.298. The molecule has 5 heteroatoms. The highest BCUT2D eigenvalue weighted by Gasteiger charge is 2.15. The summed E-state index contributed by atoms with van der Waals surface area (Å²) in [5.41, 5.74) is 3.23. The number of rotatable bonds is 4. The van der Waals surface area contributed by atoms with Crippen LogP contribution in [0.25, 0.3) is 11.3 Å². The highest BCUT2D eigenvalue weighted by Crippen LogP contribution is 2.36. The third-order valence-electron chi connectivity index (χ3n) is 2.94. The van der Waals surface area contributed by atoms with E-state index < -0.39 is 0 Å². The van der Waals surface area contributed by atoms with Crippen LogP contribution in [0, 0.1) is 0 Å². The number of benzene rings is 1. The van der Waals surface area contributed by atoms with E-state index in [1.807, 2.05) is 24.4 Å². The lowest BCUT2D eigenvalue weighted by Crippen LogP contribution is -2.11. The van der Waals surface area contributed by atoms with Crippen LogP contribution in [0.3, 0.4) is 0 Å². The SMILES string of the molecule is CCNCc1cn[nH]c1-c1ccc2c(c1)OCO2. The van der Waals surface area contributed by atoms with Gasteiger partial charge >= 0.3 is 0 Å². The van der Waals surface area contributed by atoms with Gasteiger partial charge < -0.3 is 14.8 Å². The van der Waals surface area contributed by atoms with Crippen molar-refractivity contribution in [2.45, 2.75) is 13.5 Å². The Labute approximate surface area is 105 Å². The fourth-order valence-electron chi connectivity index (χ4n) is 2.01. The molecule has 0 radical (unpaired) electrons. The Morgan fingerprint density at radius 3 is 3.11 bits per heavy atom. The van der Waals surface area contributed by atoms with Crippen LogP contribution in [0.5, 0.6) is 11.5 Å². The van der Waals surface area contributed by atoms with E-state index in [2.05, 4.69) is 22.4 Å². The van der Waals surface area contributed by atoms with Gasteiger partial charge in [-0.05, 0) is 24.7 Å². The molecule has 0 spiro atoms. The number of nitrogens with one attached hydrogen (secondary N) is 2. The first-order valence-corrected chi connectivity index (χ1v) is 6.01. The van der Waals surface area contributed by atoms with Crippen LogP contribution in [0.1, 0.15) is 12.5 Å². The molecule has 1 aromatic carbocycles. The van der Waals surface area contributed by atoms with Gasteiger partial charge in [0, 0.05) is 17.7 Å². The predicted octanol–water partition coefficient (Wildman–Crippen LogP) is 1.91. The number of ether oxygens (including phenoxy) is 2. The van der Waals surface area contributed by atoms with Crippen LogP contribution in [0.15, 0.2) is 24.4 Å². The molecule has 0 atom stereocenters. The zero-order chi connectivity index (χ0) is 12.4. The maximum Gasteiger partial charge on any atom is 0.231 e. The summed E-state index contributed by atoms with van der Waals surface area (Å²) in [5, 5.41) is 10.4. The highest BCUT2D eigenvalue weighted by atomic mass is 16.7. The molecule has 2 N–H and O–H groups in total. The van der Waals surface area contributed by atoms with E-state index in [0.717, 1.165) is 41.4 Å². The molecule has 5 nitrogen and oxygen atoms in total. The lowest BCUT2D eigenvalue weighted by Gasteiger charge is -2.05. The second-order valence-corrected chi connectivity index (χ2v) is 4.12. The Morgan fingerprint density at radius 1 is 1.33 bits per heavy atom. The molecular formula is C13H15N3O2. The van der Waals surface area contributed by atoms with Crippen LogP contribution in [-0.4, -0.2) is 23.5 Å². The molecule has 94 valence electrons. The molecule has 1 aliphatic rings. The summed E-state index contributed by atoms with van der Waals surface area (Å²) in [6.07, 6.45) is 1.85. The molecule has 0 bridgehead atoms. The zero-order valence-corrected chi connectivity index (χ0v) is 10.2. The molecule has 1 aromatic heterocycles. The number of hydrogen-bond acceptors (Lipinski definition) is 4. The summed E-state index contributed by atoms with van der Waals surface area (Å²) in [5.74, 6) is 1.59. The molecule has 18 heavy (non-hydrogen) atoms. The molecule has 3 rings (SSSR count). The second kappa shape index (κ2) is 4.70. The van der Waals surface area contributed by atoms with Crippen molar-refractivity contribution in [2.24, 2.45) is 0 Å². The van der Waals surface area contributed by atoms with Crippen molar-refractivity contribution in [1.29, 1.82) is 0 Å². The number of H-pyrrole nitrogens is 1. The lowest BCUT2D eigenvalue weighted by molar-refractivity contribution is 0.174. The number of aromatic amines is 1. The smallest absolute Gasteiger partial charge is 0.231 e.